The van der Waals surface area contributed by atoms with Crippen LogP contribution in [-0.4, -0.2) is 10.8 Å². The van der Waals surface area contributed by atoms with Crippen LogP contribution in [0.3, 0.4) is 0 Å². The molecule has 0 amide bonds. The van der Waals surface area contributed by atoms with Crippen LogP contribution in [-0.2, 0) is 0 Å². The average Bonchev–Trinajstić information content (AvgIpc) is 3.17. The first-order chi connectivity index (χ1) is 10.3. The molecule has 0 spiro atoms. The molecule has 21 heavy (non-hydrogen) atoms. The Hall–Kier alpha value is -2.22. The molecule has 0 unspecified atom stereocenters. The molecule has 1 saturated carbocycles. The number of fused-ring (bicyclic) bond motifs is 2. The molecule has 4 atom stereocenters. The Kier molecular flexibility index (Phi) is 2.95. The van der Waals surface area contributed by atoms with Crippen molar-refractivity contribution in [3.05, 3.63) is 78.1 Å². The Morgan fingerprint density at radius 2 is 1.71 bits per heavy atom. The second-order valence-electron chi connectivity index (χ2n) is 5.99. The summed E-state index contributed by atoms with van der Waals surface area (Å²) < 4.78 is 0. The van der Waals surface area contributed by atoms with E-state index in [-0.39, 0.29) is 11.7 Å². The van der Waals surface area contributed by atoms with E-state index < -0.39 is 0 Å². The van der Waals surface area contributed by atoms with Crippen LogP contribution in [0.5, 0.6) is 0 Å². The van der Waals surface area contributed by atoms with Gasteiger partial charge in [0.2, 0.25) is 0 Å². The van der Waals surface area contributed by atoms with Gasteiger partial charge in [0.15, 0.2) is 5.78 Å². The molecule has 2 heteroatoms. The topological polar surface area (TPSA) is 30.0 Å². The van der Waals surface area contributed by atoms with E-state index in [2.05, 4.69) is 41.4 Å². The van der Waals surface area contributed by atoms with E-state index in [9.17, 15) is 4.79 Å². The molecule has 2 nitrogen and oxygen atoms in total. The van der Waals surface area contributed by atoms with Gasteiger partial charge < -0.3 is 0 Å². The van der Waals surface area contributed by atoms with Crippen molar-refractivity contribution >= 4 is 5.78 Å². The van der Waals surface area contributed by atoms with Crippen molar-refractivity contribution in [2.75, 3.05) is 0 Å². The van der Waals surface area contributed by atoms with Crippen molar-refractivity contribution in [1.29, 1.82) is 0 Å². The predicted octanol–water partition coefficient (Wildman–Crippen LogP) is 3.87. The third-order valence-electron chi connectivity index (χ3n) is 4.86. The standard InChI is InChI=1S/C19H17NO/c21-19(16-8-4-5-11-20-16)18-15-10-9-14(12-15)17(18)13-6-2-1-3-7-13/h1-11,14-15,17-18H,12H2/t14-,15+,17-,18+/m0/s1. The maximum absolute atomic E-state index is 12.9. The Balaban J connectivity index is 1.73. The summed E-state index contributed by atoms with van der Waals surface area (Å²) in [6, 6.07) is 16.0. The van der Waals surface area contributed by atoms with E-state index in [1.54, 1.807) is 6.20 Å². The van der Waals surface area contributed by atoms with Gasteiger partial charge in [0.25, 0.3) is 0 Å². The number of hydrogen-bond donors (Lipinski definition) is 0. The highest BCUT2D eigenvalue weighted by Gasteiger charge is 2.48. The van der Waals surface area contributed by atoms with Gasteiger partial charge in [0.05, 0.1) is 0 Å². The molecule has 0 radical (unpaired) electrons. The highest BCUT2D eigenvalue weighted by Crippen LogP contribution is 2.53. The quantitative estimate of drug-likeness (QED) is 0.628. The maximum atomic E-state index is 12.9. The molecule has 1 fully saturated rings. The van der Waals surface area contributed by atoms with Crippen LogP contribution < -0.4 is 0 Å². The SMILES string of the molecule is O=C(c1ccccn1)[C@H]1[C@@H](c2ccccc2)[C@H]2C=C[C@@H]1C2. The molecule has 0 N–H and O–H groups in total. The van der Waals surface area contributed by atoms with Gasteiger partial charge in [0.1, 0.15) is 5.69 Å². The number of ketones is 1. The second-order valence-corrected chi connectivity index (χ2v) is 5.99. The van der Waals surface area contributed by atoms with Gasteiger partial charge in [0, 0.05) is 18.0 Å². The van der Waals surface area contributed by atoms with Crippen LogP contribution in [0.15, 0.2) is 66.9 Å². The van der Waals surface area contributed by atoms with E-state index >= 15 is 0 Å². The summed E-state index contributed by atoms with van der Waals surface area (Å²) in [4.78, 5) is 17.2. The number of allylic oxidation sites excluding steroid dienone is 2. The summed E-state index contributed by atoms with van der Waals surface area (Å²) in [5.41, 5.74) is 1.88. The Morgan fingerprint density at radius 1 is 0.952 bits per heavy atom. The average molecular weight is 275 g/mol. The molecule has 2 aliphatic carbocycles. The van der Waals surface area contributed by atoms with Crippen molar-refractivity contribution < 1.29 is 4.79 Å². The molecule has 1 heterocycles. The second kappa shape index (κ2) is 4.96. The van der Waals surface area contributed by atoms with Crippen molar-refractivity contribution in [3.63, 3.8) is 0 Å². The summed E-state index contributed by atoms with van der Waals surface area (Å²) in [6.45, 7) is 0. The van der Waals surface area contributed by atoms with Crippen LogP contribution in [0.25, 0.3) is 0 Å². The Morgan fingerprint density at radius 3 is 2.48 bits per heavy atom. The lowest BCUT2D eigenvalue weighted by molar-refractivity contribution is 0.0881. The van der Waals surface area contributed by atoms with Gasteiger partial charge in [-0.2, -0.15) is 0 Å². The third-order valence-corrected chi connectivity index (χ3v) is 4.86. The van der Waals surface area contributed by atoms with Crippen molar-refractivity contribution in [1.82, 2.24) is 4.98 Å². The fourth-order valence-corrected chi connectivity index (χ4v) is 3.99. The van der Waals surface area contributed by atoms with Crippen LogP contribution in [0.1, 0.15) is 28.4 Å². The van der Waals surface area contributed by atoms with E-state index in [1.165, 1.54) is 5.56 Å². The summed E-state index contributed by atoms with van der Waals surface area (Å²) >= 11 is 0. The van der Waals surface area contributed by atoms with Gasteiger partial charge in [-0.25, -0.2) is 0 Å². The molecule has 4 rings (SSSR count). The number of nitrogens with zero attached hydrogens (tertiary/aromatic N) is 1. The van der Waals surface area contributed by atoms with Crippen molar-refractivity contribution in [3.8, 4) is 0 Å². The molecular formula is C19H17NO. The first-order valence-electron chi connectivity index (χ1n) is 7.53. The third kappa shape index (κ3) is 2.02. The number of Topliss-reactive ketones (excluding diaryl/α,β-unsaturated/α-hetero) is 1. The number of pyridine rings is 1. The molecule has 2 aromatic rings. The number of benzene rings is 1. The Bertz CT molecular complexity index is 677. The first-order valence-corrected chi connectivity index (χ1v) is 7.53. The zero-order valence-electron chi connectivity index (χ0n) is 11.7. The fourth-order valence-electron chi connectivity index (χ4n) is 3.99. The minimum absolute atomic E-state index is 0.0392. The minimum atomic E-state index is 0.0392. The monoisotopic (exact) mass is 275 g/mol. The Labute approximate surface area is 124 Å². The molecular weight excluding hydrogens is 258 g/mol. The number of carbonyl (C=O) groups excluding carboxylic acids is 1. The van der Waals surface area contributed by atoms with Crippen molar-refractivity contribution in [2.45, 2.75) is 12.3 Å². The zero-order valence-corrected chi connectivity index (χ0v) is 11.7. The lowest BCUT2D eigenvalue weighted by Gasteiger charge is -2.27. The van der Waals surface area contributed by atoms with Crippen LogP contribution in [0.2, 0.25) is 0 Å². The fraction of sp³-hybridized carbons (Fsp3) is 0.263. The van der Waals surface area contributed by atoms with E-state index in [0.717, 1.165) is 6.42 Å². The summed E-state index contributed by atoms with van der Waals surface area (Å²) in [7, 11) is 0. The number of rotatable bonds is 3. The van der Waals surface area contributed by atoms with Crippen molar-refractivity contribution in [2.24, 2.45) is 17.8 Å². The summed E-state index contributed by atoms with van der Waals surface area (Å²) in [6.07, 6.45) is 7.33. The van der Waals surface area contributed by atoms with E-state index in [4.69, 9.17) is 0 Å². The zero-order chi connectivity index (χ0) is 14.2. The molecule has 104 valence electrons. The summed E-state index contributed by atoms with van der Waals surface area (Å²) in [5.74, 6) is 1.40. The number of hydrogen-bond acceptors (Lipinski definition) is 2. The molecule has 1 aromatic carbocycles. The van der Waals surface area contributed by atoms with Gasteiger partial charge in [-0.15, -0.1) is 0 Å². The van der Waals surface area contributed by atoms with E-state index in [1.807, 2.05) is 24.3 Å². The minimum Gasteiger partial charge on any atom is -0.292 e. The largest absolute Gasteiger partial charge is 0.292 e. The first kappa shape index (κ1) is 12.5. The molecule has 1 aromatic heterocycles. The number of carbonyl (C=O) groups is 1. The molecule has 0 saturated heterocycles. The van der Waals surface area contributed by atoms with Crippen LogP contribution in [0, 0.1) is 17.8 Å². The normalized spacial score (nSPS) is 29.7. The van der Waals surface area contributed by atoms with Crippen LogP contribution >= 0.6 is 0 Å². The van der Waals surface area contributed by atoms with Gasteiger partial charge in [-0.1, -0.05) is 48.6 Å². The highest BCUT2D eigenvalue weighted by atomic mass is 16.1. The predicted molar refractivity (Wildman–Crippen MR) is 82.0 cm³/mol. The van der Waals surface area contributed by atoms with E-state index in [0.29, 0.717) is 23.4 Å². The molecule has 2 bridgehead atoms. The lowest BCUT2D eigenvalue weighted by atomic mass is 9.75. The van der Waals surface area contributed by atoms with Crippen LogP contribution in [0.4, 0.5) is 0 Å². The van der Waals surface area contributed by atoms with Gasteiger partial charge in [-0.05, 0) is 36.0 Å². The van der Waals surface area contributed by atoms with Gasteiger partial charge >= 0.3 is 0 Å². The maximum Gasteiger partial charge on any atom is 0.185 e. The smallest absolute Gasteiger partial charge is 0.185 e. The molecule has 0 aliphatic heterocycles. The van der Waals surface area contributed by atoms with Gasteiger partial charge in [-0.3, -0.25) is 9.78 Å². The molecule has 2 aliphatic rings. The highest BCUT2D eigenvalue weighted by molar-refractivity contribution is 5.97. The number of aromatic nitrogens is 1. The summed E-state index contributed by atoms with van der Waals surface area (Å²) in [5, 5.41) is 0. The lowest BCUT2D eigenvalue weighted by Crippen LogP contribution is -2.27.